The lowest BCUT2D eigenvalue weighted by Crippen LogP contribution is -2.48. The average molecular weight is 374 g/mol. The fourth-order valence-electron chi connectivity index (χ4n) is 2.73. The minimum Gasteiger partial charge on any atom is -0.379 e. The van der Waals surface area contributed by atoms with Gasteiger partial charge in [0.05, 0.1) is 18.9 Å². The molecule has 25 heavy (non-hydrogen) atoms. The Morgan fingerprint density at radius 1 is 1.16 bits per heavy atom. The Morgan fingerprint density at radius 2 is 1.96 bits per heavy atom. The molecule has 0 saturated carbocycles. The number of nitrogens with one attached hydrogen (secondary N) is 1. The highest BCUT2D eigenvalue weighted by Crippen LogP contribution is 2.41. The molecule has 0 bridgehead atoms. The second-order valence-corrected chi connectivity index (χ2v) is 7.17. The van der Waals surface area contributed by atoms with Crippen molar-refractivity contribution in [1.82, 2.24) is 10.4 Å². The Labute approximate surface area is 155 Å². The molecule has 1 fully saturated rings. The zero-order chi connectivity index (χ0) is 17.2. The van der Waals surface area contributed by atoms with E-state index in [4.69, 9.17) is 16.3 Å². The van der Waals surface area contributed by atoms with Crippen LogP contribution in [0.3, 0.4) is 0 Å². The number of rotatable bonds is 2. The van der Waals surface area contributed by atoms with Crippen molar-refractivity contribution in [3.63, 3.8) is 0 Å². The van der Waals surface area contributed by atoms with Gasteiger partial charge in [0.25, 0.3) is 5.91 Å². The lowest BCUT2D eigenvalue weighted by Gasteiger charge is -2.26. The highest BCUT2D eigenvalue weighted by Gasteiger charge is 2.19. The molecule has 128 valence electrons. The topological polar surface area (TPSA) is 53.9 Å². The summed E-state index contributed by atoms with van der Waals surface area (Å²) in [4.78, 5) is 19.1. The van der Waals surface area contributed by atoms with E-state index in [-0.39, 0.29) is 5.91 Å². The maximum absolute atomic E-state index is 12.5. The number of hydrazine groups is 1. The van der Waals surface area contributed by atoms with Gasteiger partial charge in [0, 0.05) is 34.0 Å². The van der Waals surface area contributed by atoms with E-state index in [2.05, 4.69) is 10.4 Å². The number of fused-ring (bicyclic) bond motifs is 2. The summed E-state index contributed by atoms with van der Waals surface area (Å²) < 4.78 is 5.29. The van der Waals surface area contributed by atoms with E-state index in [9.17, 15) is 4.79 Å². The monoisotopic (exact) mass is 373 g/mol. The summed E-state index contributed by atoms with van der Waals surface area (Å²) in [6, 6.07) is 13.4. The number of halogens is 1. The maximum Gasteiger partial charge on any atom is 0.265 e. The Balaban J connectivity index is 1.61. The molecule has 0 spiro atoms. The standard InChI is InChI=1S/C18H16ClN3O2S/c19-17-13-3-1-2-4-15(13)25-16-6-5-12(11-14(16)20-17)18(23)21-22-7-9-24-10-8-22/h1-6,11H,7-10H2,(H,21,23). The van der Waals surface area contributed by atoms with Crippen LogP contribution in [0.5, 0.6) is 0 Å². The molecule has 2 aromatic carbocycles. The summed E-state index contributed by atoms with van der Waals surface area (Å²) in [5.74, 6) is -0.150. The van der Waals surface area contributed by atoms with E-state index < -0.39 is 0 Å². The molecule has 0 atom stereocenters. The minimum atomic E-state index is -0.150. The second kappa shape index (κ2) is 7.17. The van der Waals surface area contributed by atoms with Crippen LogP contribution in [-0.4, -0.2) is 42.4 Å². The first kappa shape index (κ1) is 16.6. The van der Waals surface area contributed by atoms with E-state index in [1.54, 1.807) is 17.8 Å². The Kier molecular flexibility index (Phi) is 4.76. The van der Waals surface area contributed by atoms with E-state index in [0.717, 1.165) is 15.4 Å². The van der Waals surface area contributed by atoms with E-state index >= 15 is 0 Å². The van der Waals surface area contributed by atoms with Gasteiger partial charge in [-0.15, -0.1) is 0 Å². The number of carbonyl (C=O) groups is 1. The Bertz CT molecular complexity index is 850. The van der Waals surface area contributed by atoms with Crippen molar-refractivity contribution in [3.05, 3.63) is 53.6 Å². The molecule has 2 aliphatic rings. The number of morpholine rings is 1. The van der Waals surface area contributed by atoms with Gasteiger partial charge in [0.1, 0.15) is 5.17 Å². The van der Waals surface area contributed by atoms with Crippen molar-refractivity contribution in [2.45, 2.75) is 9.79 Å². The molecule has 1 amide bonds. The fourth-order valence-corrected chi connectivity index (χ4v) is 4.04. The molecule has 5 nitrogen and oxygen atoms in total. The maximum atomic E-state index is 12.5. The first-order valence-electron chi connectivity index (χ1n) is 8.00. The molecule has 0 unspecified atom stereocenters. The summed E-state index contributed by atoms with van der Waals surface area (Å²) in [5, 5.41) is 2.31. The van der Waals surface area contributed by atoms with Crippen molar-refractivity contribution in [3.8, 4) is 0 Å². The van der Waals surface area contributed by atoms with Gasteiger partial charge in [-0.25, -0.2) is 10.0 Å². The Morgan fingerprint density at radius 3 is 2.80 bits per heavy atom. The third-order valence-corrected chi connectivity index (χ3v) is 5.47. The number of amides is 1. The molecule has 4 rings (SSSR count). The third kappa shape index (κ3) is 3.57. The van der Waals surface area contributed by atoms with E-state index in [0.29, 0.717) is 42.7 Å². The normalized spacial score (nSPS) is 17.1. The van der Waals surface area contributed by atoms with Crippen LogP contribution in [0.15, 0.2) is 57.2 Å². The predicted octanol–water partition coefficient (Wildman–Crippen LogP) is 3.45. The second-order valence-electron chi connectivity index (χ2n) is 5.72. The average Bonchev–Trinajstić information content (AvgIpc) is 2.78. The molecule has 7 heteroatoms. The minimum absolute atomic E-state index is 0.150. The lowest BCUT2D eigenvalue weighted by molar-refractivity contribution is 0.0126. The summed E-state index contributed by atoms with van der Waals surface area (Å²) in [6.45, 7) is 2.62. The highest BCUT2D eigenvalue weighted by molar-refractivity contribution is 7.99. The van der Waals surface area contributed by atoms with Crippen LogP contribution in [0.2, 0.25) is 0 Å². The van der Waals surface area contributed by atoms with Gasteiger partial charge in [-0.05, 0) is 24.3 Å². The van der Waals surface area contributed by atoms with Gasteiger partial charge in [0.2, 0.25) is 0 Å². The van der Waals surface area contributed by atoms with E-state index in [1.807, 2.05) is 41.4 Å². The largest absolute Gasteiger partial charge is 0.379 e. The molecular formula is C18H16ClN3O2S. The summed E-state index contributed by atoms with van der Waals surface area (Å²) in [5.41, 5.74) is 5.09. The molecule has 2 aliphatic heterocycles. The van der Waals surface area contributed by atoms with Crippen molar-refractivity contribution in [2.75, 3.05) is 26.3 Å². The number of hydrogen-bond acceptors (Lipinski definition) is 5. The molecule has 2 heterocycles. The van der Waals surface area contributed by atoms with Gasteiger partial charge >= 0.3 is 0 Å². The number of aliphatic imine (C=N–C) groups is 1. The van der Waals surface area contributed by atoms with Crippen LogP contribution in [0.25, 0.3) is 0 Å². The van der Waals surface area contributed by atoms with Crippen LogP contribution in [0, 0.1) is 0 Å². The summed E-state index contributed by atoms with van der Waals surface area (Å²) >= 11 is 7.99. The van der Waals surface area contributed by atoms with Crippen molar-refractivity contribution < 1.29 is 9.53 Å². The number of ether oxygens (including phenoxy) is 1. The summed E-state index contributed by atoms with van der Waals surface area (Å²) in [7, 11) is 0. The molecule has 1 N–H and O–H groups in total. The SMILES string of the molecule is O=C(NN1CCOCC1)c1ccc2c(c1)N=C(Cl)c1ccccc1S2. The Hall–Kier alpha value is -1.86. The van der Waals surface area contributed by atoms with Crippen LogP contribution >= 0.6 is 23.4 Å². The number of nitrogens with zero attached hydrogens (tertiary/aromatic N) is 2. The third-order valence-electron chi connectivity index (χ3n) is 4.04. The van der Waals surface area contributed by atoms with Crippen molar-refractivity contribution in [1.29, 1.82) is 0 Å². The summed E-state index contributed by atoms with van der Waals surface area (Å²) in [6.07, 6.45) is 0. The highest BCUT2D eigenvalue weighted by atomic mass is 35.5. The number of hydrogen-bond donors (Lipinski definition) is 1. The predicted molar refractivity (Wildman–Crippen MR) is 98.9 cm³/mol. The van der Waals surface area contributed by atoms with Crippen LogP contribution < -0.4 is 5.43 Å². The van der Waals surface area contributed by atoms with Crippen LogP contribution in [-0.2, 0) is 4.74 Å². The van der Waals surface area contributed by atoms with Gasteiger partial charge in [-0.3, -0.25) is 10.2 Å². The number of carbonyl (C=O) groups excluding carboxylic acids is 1. The molecule has 1 saturated heterocycles. The fraction of sp³-hybridized carbons (Fsp3) is 0.222. The van der Waals surface area contributed by atoms with Crippen molar-refractivity contribution >= 4 is 40.1 Å². The first-order valence-corrected chi connectivity index (χ1v) is 9.19. The first-order chi connectivity index (χ1) is 12.2. The molecule has 0 aromatic heterocycles. The van der Waals surface area contributed by atoms with Crippen molar-refractivity contribution in [2.24, 2.45) is 4.99 Å². The van der Waals surface area contributed by atoms with Crippen LogP contribution in [0.1, 0.15) is 15.9 Å². The number of benzene rings is 2. The zero-order valence-electron chi connectivity index (χ0n) is 13.4. The van der Waals surface area contributed by atoms with Gasteiger partial charge < -0.3 is 4.74 Å². The molecular weight excluding hydrogens is 358 g/mol. The van der Waals surface area contributed by atoms with E-state index in [1.165, 1.54) is 0 Å². The molecule has 0 radical (unpaired) electrons. The van der Waals surface area contributed by atoms with Gasteiger partial charge in [0.15, 0.2) is 0 Å². The van der Waals surface area contributed by atoms with Crippen LogP contribution in [0.4, 0.5) is 5.69 Å². The van der Waals surface area contributed by atoms with Gasteiger partial charge in [-0.2, -0.15) is 0 Å². The smallest absolute Gasteiger partial charge is 0.265 e. The quantitative estimate of drug-likeness (QED) is 0.876. The lowest BCUT2D eigenvalue weighted by atomic mass is 10.2. The zero-order valence-corrected chi connectivity index (χ0v) is 14.9. The van der Waals surface area contributed by atoms with Gasteiger partial charge in [-0.1, -0.05) is 41.6 Å². The molecule has 0 aliphatic carbocycles. The molecule has 2 aromatic rings.